The maximum atomic E-state index is 12.7. The van der Waals surface area contributed by atoms with Gasteiger partial charge in [-0.3, -0.25) is 4.68 Å². The molecular weight excluding hydrogens is 304 g/mol. The summed E-state index contributed by atoms with van der Waals surface area (Å²) < 4.78 is 7.72. The predicted molar refractivity (Wildman–Crippen MR) is 91.2 cm³/mol. The van der Waals surface area contributed by atoms with Gasteiger partial charge in [0.15, 0.2) is 0 Å². The summed E-state index contributed by atoms with van der Waals surface area (Å²) in [5, 5.41) is 7.50. The van der Waals surface area contributed by atoms with Gasteiger partial charge in [0.2, 0.25) is 0 Å². The molecular formula is C18H22N4O2. The molecule has 0 saturated heterocycles. The van der Waals surface area contributed by atoms with Crippen LogP contribution >= 0.6 is 0 Å². The fraction of sp³-hybridized carbons (Fsp3) is 0.444. The Balaban J connectivity index is 1.47. The lowest BCUT2D eigenvalue weighted by atomic mass is 10.1. The molecule has 6 heteroatoms. The number of amides is 2. The lowest BCUT2D eigenvalue weighted by Gasteiger charge is -2.20. The van der Waals surface area contributed by atoms with E-state index in [-0.39, 0.29) is 12.1 Å². The van der Waals surface area contributed by atoms with Gasteiger partial charge in [0.25, 0.3) is 0 Å². The summed E-state index contributed by atoms with van der Waals surface area (Å²) in [5.74, 6) is 0.926. The molecule has 2 amide bonds. The van der Waals surface area contributed by atoms with Crippen LogP contribution in [0.2, 0.25) is 0 Å². The minimum atomic E-state index is -0.0609. The smallest absolute Gasteiger partial charge is 0.322 e. The number of ether oxygens (including phenoxy) is 1. The SMILES string of the molecule is Cc1cc2n(n1)CCCN(C(=O)Nc1ccc3c(c1)C[C@H](C)O3)C2. The summed E-state index contributed by atoms with van der Waals surface area (Å²) in [7, 11) is 0. The Hall–Kier alpha value is -2.50. The monoisotopic (exact) mass is 326 g/mol. The number of urea groups is 1. The molecule has 0 spiro atoms. The van der Waals surface area contributed by atoms with E-state index in [2.05, 4.69) is 23.4 Å². The van der Waals surface area contributed by atoms with E-state index in [1.165, 1.54) is 0 Å². The van der Waals surface area contributed by atoms with Crippen molar-refractivity contribution in [2.45, 2.75) is 45.9 Å². The number of rotatable bonds is 1. The van der Waals surface area contributed by atoms with Gasteiger partial charge in [0, 0.05) is 25.2 Å². The molecule has 1 aromatic carbocycles. The molecule has 0 fully saturated rings. The zero-order chi connectivity index (χ0) is 16.7. The maximum absolute atomic E-state index is 12.7. The first-order valence-corrected chi connectivity index (χ1v) is 8.47. The lowest BCUT2D eigenvalue weighted by Crippen LogP contribution is -2.34. The van der Waals surface area contributed by atoms with E-state index in [0.29, 0.717) is 6.54 Å². The number of hydrogen-bond acceptors (Lipinski definition) is 3. The van der Waals surface area contributed by atoms with Crippen LogP contribution in [0.5, 0.6) is 5.75 Å². The Bertz CT molecular complexity index is 783. The van der Waals surface area contributed by atoms with Gasteiger partial charge in [0.05, 0.1) is 17.9 Å². The third-order valence-corrected chi connectivity index (χ3v) is 4.57. The molecule has 1 N–H and O–H groups in total. The molecule has 3 heterocycles. The molecule has 0 saturated carbocycles. The van der Waals surface area contributed by atoms with Gasteiger partial charge in [-0.15, -0.1) is 0 Å². The van der Waals surface area contributed by atoms with Crippen LogP contribution in [0.4, 0.5) is 10.5 Å². The maximum Gasteiger partial charge on any atom is 0.322 e. The van der Waals surface area contributed by atoms with Gasteiger partial charge < -0.3 is 15.0 Å². The highest BCUT2D eigenvalue weighted by Crippen LogP contribution is 2.31. The first-order chi connectivity index (χ1) is 11.6. The van der Waals surface area contributed by atoms with Gasteiger partial charge in [-0.25, -0.2) is 4.79 Å². The summed E-state index contributed by atoms with van der Waals surface area (Å²) in [6.07, 6.45) is 2.01. The van der Waals surface area contributed by atoms with E-state index >= 15 is 0 Å². The Labute approximate surface area is 141 Å². The predicted octanol–water partition coefficient (Wildman–Crippen LogP) is 2.95. The Morgan fingerprint density at radius 3 is 3.08 bits per heavy atom. The number of carbonyl (C=O) groups is 1. The summed E-state index contributed by atoms with van der Waals surface area (Å²) >= 11 is 0. The van der Waals surface area contributed by atoms with Crippen molar-refractivity contribution in [2.24, 2.45) is 0 Å². The summed E-state index contributed by atoms with van der Waals surface area (Å²) in [6.45, 7) is 6.23. The van der Waals surface area contributed by atoms with Crippen LogP contribution in [0, 0.1) is 6.92 Å². The molecule has 2 aliphatic rings. The van der Waals surface area contributed by atoms with Crippen LogP contribution in [0.15, 0.2) is 24.3 Å². The van der Waals surface area contributed by atoms with Crippen molar-refractivity contribution in [3.8, 4) is 5.75 Å². The highest BCUT2D eigenvalue weighted by Gasteiger charge is 2.22. The van der Waals surface area contributed by atoms with E-state index in [1.54, 1.807) is 0 Å². The first-order valence-electron chi connectivity index (χ1n) is 8.47. The molecule has 24 heavy (non-hydrogen) atoms. The molecule has 2 aliphatic heterocycles. The Morgan fingerprint density at radius 1 is 1.33 bits per heavy atom. The average molecular weight is 326 g/mol. The Kier molecular flexibility index (Phi) is 3.67. The number of nitrogens with zero attached hydrogens (tertiary/aromatic N) is 3. The number of nitrogens with one attached hydrogen (secondary N) is 1. The number of hydrogen-bond donors (Lipinski definition) is 1. The zero-order valence-electron chi connectivity index (χ0n) is 14.1. The van der Waals surface area contributed by atoms with Crippen LogP contribution in [0.25, 0.3) is 0 Å². The van der Waals surface area contributed by atoms with Crippen LogP contribution < -0.4 is 10.1 Å². The van der Waals surface area contributed by atoms with Crippen molar-refractivity contribution < 1.29 is 9.53 Å². The summed E-state index contributed by atoms with van der Waals surface area (Å²) in [4.78, 5) is 14.5. The quantitative estimate of drug-likeness (QED) is 0.876. The van der Waals surface area contributed by atoms with Crippen LogP contribution in [-0.2, 0) is 19.5 Å². The van der Waals surface area contributed by atoms with Crippen molar-refractivity contribution in [3.05, 3.63) is 41.2 Å². The number of carbonyl (C=O) groups excluding carboxylic acids is 1. The molecule has 4 rings (SSSR count). The molecule has 0 aliphatic carbocycles. The Morgan fingerprint density at radius 2 is 2.21 bits per heavy atom. The fourth-order valence-electron chi connectivity index (χ4n) is 3.48. The molecule has 0 bridgehead atoms. The second-order valence-corrected chi connectivity index (χ2v) is 6.66. The van der Waals surface area contributed by atoms with Crippen LogP contribution in [-0.4, -0.2) is 33.4 Å². The van der Waals surface area contributed by atoms with Gasteiger partial charge in [-0.05, 0) is 50.1 Å². The van der Waals surface area contributed by atoms with E-state index < -0.39 is 0 Å². The standard InChI is InChI=1S/C18H22N4O2/c1-12-8-16-11-21(6-3-7-22(16)20-12)18(23)19-15-4-5-17-14(10-15)9-13(2)24-17/h4-5,8,10,13H,3,6-7,9,11H2,1-2H3,(H,19,23)/t13-/m0/s1. The second kappa shape index (κ2) is 5.85. The highest BCUT2D eigenvalue weighted by molar-refractivity contribution is 5.89. The van der Waals surface area contributed by atoms with E-state index in [9.17, 15) is 4.79 Å². The van der Waals surface area contributed by atoms with Crippen molar-refractivity contribution >= 4 is 11.7 Å². The second-order valence-electron chi connectivity index (χ2n) is 6.66. The first kappa shape index (κ1) is 15.1. The van der Waals surface area contributed by atoms with E-state index in [4.69, 9.17) is 4.74 Å². The largest absolute Gasteiger partial charge is 0.490 e. The van der Waals surface area contributed by atoms with Crippen LogP contribution in [0.3, 0.4) is 0 Å². The topological polar surface area (TPSA) is 59.4 Å². The fourth-order valence-corrected chi connectivity index (χ4v) is 3.48. The van der Waals surface area contributed by atoms with Crippen molar-refractivity contribution in [2.75, 3.05) is 11.9 Å². The number of benzene rings is 1. The average Bonchev–Trinajstić information content (AvgIpc) is 3.01. The molecule has 0 unspecified atom stereocenters. The van der Waals surface area contributed by atoms with Crippen molar-refractivity contribution in [3.63, 3.8) is 0 Å². The molecule has 126 valence electrons. The number of anilines is 1. The molecule has 0 radical (unpaired) electrons. The van der Waals surface area contributed by atoms with E-state index in [0.717, 1.165) is 54.3 Å². The number of aryl methyl sites for hydroxylation is 2. The molecule has 2 aromatic rings. The normalized spacial score (nSPS) is 19.2. The summed E-state index contributed by atoms with van der Waals surface area (Å²) in [5.41, 5.74) is 4.08. The van der Waals surface area contributed by atoms with Gasteiger partial charge in [-0.1, -0.05) is 0 Å². The van der Waals surface area contributed by atoms with E-state index in [1.807, 2.05) is 34.7 Å². The molecule has 1 aromatic heterocycles. The zero-order valence-corrected chi connectivity index (χ0v) is 14.1. The number of aromatic nitrogens is 2. The minimum Gasteiger partial charge on any atom is -0.490 e. The van der Waals surface area contributed by atoms with Gasteiger partial charge in [0.1, 0.15) is 11.9 Å². The van der Waals surface area contributed by atoms with Crippen molar-refractivity contribution in [1.82, 2.24) is 14.7 Å². The highest BCUT2D eigenvalue weighted by atomic mass is 16.5. The summed E-state index contributed by atoms with van der Waals surface area (Å²) in [6, 6.07) is 7.85. The number of fused-ring (bicyclic) bond motifs is 2. The van der Waals surface area contributed by atoms with Crippen molar-refractivity contribution in [1.29, 1.82) is 0 Å². The van der Waals surface area contributed by atoms with Crippen LogP contribution in [0.1, 0.15) is 30.3 Å². The third kappa shape index (κ3) is 2.84. The van der Waals surface area contributed by atoms with Gasteiger partial charge in [-0.2, -0.15) is 5.10 Å². The molecule has 6 nitrogen and oxygen atoms in total. The van der Waals surface area contributed by atoms with Gasteiger partial charge >= 0.3 is 6.03 Å². The lowest BCUT2D eigenvalue weighted by molar-refractivity contribution is 0.210. The third-order valence-electron chi connectivity index (χ3n) is 4.57. The minimum absolute atomic E-state index is 0.0609. The molecule has 1 atom stereocenters.